The van der Waals surface area contributed by atoms with Crippen LogP contribution in [0.5, 0.6) is 0 Å². The van der Waals surface area contributed by atoms with Gasteiger partial charge in [0, 0.05) is 25.7 Å². The maximum atomic E-state index is 13.1. The van der Waals surface area contributed by atoms with E-state index in [1.807, 2.05) is 0 Å². The molecule has 2 unspecified atom stereocenters. The number of hydrogen-bond donors (Lipinski definition) is 3. The summed E-state index contributed by atoms with van der Waals surface area (Å²) in [6.45, 7) is 7.32. The summed E-state index contributed by atoms with van der Waals surface area (Å²) in [4.78, 5) is 72.8. The number of phosphoric ester groups is 2. The molecule has 0 fully saturated rings. The van der Waals surface area contributed by atoms with E-state index in [1.165, 1.54) is 231 Å². The van der Waals surface area contributed by atoms with Gasteiger partial charge in [-0.1, -0.05) is 369 Å². The monoisotopic (exact) mass is 1440 g/mol. The van der Waals surface area contributed by atoms with E-state index >= 15 is 0 Å². The first-order valence-electron chi connectivity index (χ1n) is 41.1. The van der Waals surface area contributed by atoms with Crippen LogP contribution in [0.1, 0.15) is 420 Å². The Morgan fingerprint density at radius 2 is 0.469 bits per heavy atom. The third kappa shape index (κ3) is 72.4. The van der Waals surface area contributed by atoms with E-state index in [0.29, 0.717) is 25.7 Å². The van der Waals surface area contributed by atoms with Crippen LogP contribution in [0.15, 0.2) is 0 Å². The molecule has 0 saturated heterocycles. The molecule has 0 aliphatic heterocycles. The van der Waals surface area contributed by atoms with Crippen molar-refractivity contribution in [3.63, 3.8) is 0 Å². The Balaban J connectivity index is 5.17. The van der Waals surface area contributed by atoms with Crippen LogP contribution >= 0.6 is 15.6 Å². The number of unbranched alkanes of at least 4 members (excludes halogenated alkanes) is 51. The van der Waals surface area contributed by atoms with Crippen LogP contribution in [0.2, 0.25) is 0 Å². The molecule has 0 bridgehead atoms. The van der Waals surface area contributed by atoms with Crippen LogP contribution < -0.4 is 0 Å². The molecule has 0 spiro atoms. The molecule has 0 aromatic rings. The van der Waals surface area contributed by atoms with Gasteiger partial charge in [-0.15, -0.1) is 0 Å². The zero-order valence-electron chi connectivity index (χ0n) is 63.9. The predicted molar refractivity (Wildman–Crippen MR) is 400 cm³/mol. The van der Waals surface area contributed by atoms with Crippen LogP contribution in [0.3, 0.4) is 0 Å². The zero-order chi connectivity index (χ0) is 71.9. The molecular formula is C79H154O17P2. The number of phosphoric acid groups is 2. The van der Waals surface area contributed by atoms with Gasteiger partial charge in [0.15, 0.2) is 12.2 Å². The highest BCUT2D eigenvalue weighted by molar-refractivity contribution is 7.47. The number of rotatable bonds is 79. The number of hydrogen-bond acceptors (Lipinski definition) is 15. The lowest BCUT2D eigenvalue weighted by atomic mass is 10.0. The average Bonchev–Trinajstić information content (AvgIpc) is 1.02. The maximum Gasteiger partial charge on any atom is 0.472 e. The lowest BCUT2D eigenvalue weighted by Crippen LogP contribution is -2.30. The number of aliphatic hydroxyl groups is 1. The molecule has 582 valence electrons. The molecule has 0 aromatic heterocycles. The van der Waals surface area contributed by atoms with Gasteiger partial charge in [0.05, 0.1) is 26.4 Å². The van der Waals surface area contributed by atoms with Crippen molar-refractivity contribution in [2.45, 2.75) is 438 Å². The molecule has 0 radical (unpaired) electrons. The summed E-state index contributed by atoms with van der Waals surface area (Å²) in [5.41, 5.74) is 0. The van der Waals surface area contributed by atoms with Crippen LogP contribution in [0.4, 0.5) is 0 Å². The Labute approximate surface area is 600 Å². The van der Waals surface area contributed by atoms with Crippen molar-refractivity contribution in [2.75, 3.05) is 39.6 Å². The van der Waals surface area contributed by atoms with Gasteiger partial charge in [0.25, 0.3) is 0 Å². The van der Waals surface area contributed by atoms with E-state index in [1.54, 1.807) is 0 Å². The smallest absolute Gasteiger partial charge is 0.462 e. The van der Waals surface area contributed by atoms with Crippen molar-refractivity contribution in [1.29, 1.82) is 0 Å². The molecule has 0 aliphatic rings. The third-order valence-electron chi connectivity index (χ3n) is 18.5. The maximum absolute atomic E-state index is 13.1. The van der Waals surface area contributed by atoms with Crippen molar-refractivity contribution >= 4 is 39.5 Å². The SMILES string of the molecule is CCCCCCCCCCCCCCCCCCC(=O)OC[C@H](COP(=O)(O)OC[C@@H](O)COP(=O)(O)OC[C@@H](COC(=O)CCCCCCCCC)OC(=O)CCCCCCCCCCCCCCCC)OC(=O)CCCCCCCCCCCCCCCCCCCCC(C)C. The fourth-order valence-corrected chi connectivity index (χ4v) is 13.8. The largest absolute Gasteiger partial charge is 0.472 e. The first-order chi connectivity index (χ1) is 47.5. The van der Waals surface area contributed by atoms with Crippen molar-refractivity contribution in [3.05, 3.63) is 0 Å². The molecule has 0 rings (SSSR count). The molecule has 17 nitrogen and oxygen atoms in total. The molecule has 0 amide bonds. The van der Waals surface area contributed by atoms with Crippen LogP contribution in [0.25, 0.3) is 0 Å². The Kier molecular flexibility index (Phi) is 70.6. The van der Waals surface area contributed by atoms with Gasteiger partial charge in [-0.3, -0.25) is 37.3 Å². The van der Waals surface area contributed by atoms with Gasteiger partial charge in [0.1, 0.15) is 19.3 Å². The van der Waals surface area contributed by atoms with Crippen LogP contribution in [-0.4, -0.2) is 96.7 Å². The molecule has 19 heteroatoms. The predicted octanol–water partition coefficient (Wildman–Crippen LogP) is 23.6. The quantitative estimate of drug-likeness (QED) is 0.0222. The highest BCUT2D eigenvalue weighted by Crippen LogP contribution is 2.45. The summed E-state index contributed by atoms with van der Waals surface area (Å²) in [5, 5.41) is 10.6. The lowest BCUT2D eigenvalue weighted by Gasteiger charge is -2.21. The van der Waals surface area contributed by atoms with Gasteiger partial charge >= 0.3 is 39.5 Å². The molecule has 5 atom stereocenters. The normalized spacial score (nSPS) is 13.9. The van der Waals surface area contributed by atoms with Crippen molar-refractivity contribution in [3.8, 4) is 0 Å². The van der Waals surface area contributed by atoms with Gasteiger partial charge in [0.2, 0.25) is 0 Å². The second kappa shape index (κ2) is 72.0. The number of esters is 4. The van der Waals surface area contributed by atoms with Crippen LogP contribution in [-0.2, 0) is 65.4 Å². The second-order valence-corrected chi connectivity index (χ2v) is 31.8. The minimum absolute atomic E-state index is 0.108. The van der Waals surface area contributed by atoms with Crippen molar-refractivity contribution < 1.29 is 80.2 Å². The van der Waals surface area contributed by atoms with E-state index in [-0.39, 0.29) is 25.7 Å². The summed E-state index contributed by atoms with van der Waals surface area (Å²) >= 11 is 0. The first-order valence-corrected chi connectivity index (χ1v) is 44.1. The minimum Gasteiger partial charge on any atom is -0.462 e. The number of ether oxygens (including phenoxy) is 4. The van der Waals surface area contributed by atoms with E-state index in [4.69, 9.17) is 37.0 Å². The molecule has 3 N–H and O–H groups in total. The Hall–Kier alpha value is -1.94. The highest BCUT2D eigenvalue weighted by atomic mass is 31.2. The Morgan fingerprint density at radius 3 is 0.694 bits per heavy atom. The third-order valence-corrected chi connectivity index (χ3v) is 20.4. The molecule has 0 heterocycles. The minimum atomic E-state index is -4.96. The topological polar surface area (TPSA) is 237 Å². The van der Waals surface area contributed by atoms with Gasteiger partial charge in [-0.25, -0.2) is 9.13 Å². The molecule has 0 aliphatic carbocycles. The summed E-state index contributed by atoms with van der Waals surface area (Å²) in [5.74, 6) is -1.29. The molecule has 0 aromatic carbocycles. The number of carbonyl (C=O) groups excluding carboxylic acids is 4. The lowest BCUT2D eigenvalue weighted by molar-refractivity contribution is -0.161. The van der Waals surface area contributed by atoms with E-state index in [9.17, 15) is 43.2 Å². The molecule has 98 heavy (non-hydrogen) atoms. The van der Waals surface area contributed by atoms with Gasteiger partial charge in [-0.05, 0) is 31.6 Å². The highest BCUT2D eigenvalue weighted by Gasteiger charge is 2.30. The Bertz CT molecular complexity index is 1870. The first kappa shape index (κ1) is 96.1. The number of carbonyl (C=O) groups is 4. The summed E-state index contributed by atoms with van der Waals surface area (Å²) in [6, 6.07) is 0. The number of aliphatic hydroxyl groups excluding tert-OH is 1. The molecular weight excluding hydrogens is 1280 g/mol. The average molecular weight is 1440 g/mol. The summed E-state index contributed by atoms with van der Waals surface area (Å²) in [7, 11) is -9.91. The van der Waals surface area contributed by atoms with Gasteiger partial charge in [-0.2, -0.15) is 0 Å². The fourth-order valence-electron chi connectivity index (χ4n) is 12.2. The van der Waals surface area contributed by atoms with Crippen LogP contribution in [0, 0.1) is 5.92 Å². The summed E-state index contributed by atoms with van der Waals surface area (Å²) in [6.07, 6.45) is 62.6. The molecule has 0 saturated carbocycles. The van der Waals surface area contributed by atoms with Gasteiger partial charge < -0.3 is 33.8 Å². The fraction of sp³-hybridized carbons (Fsp3) is 0.949. The van der Waals surface area contributed by atoms with E-state index in [0.717, 1.165) is 109 Å². The standard InChI is InChI=1S/C79H154O17P2/c1-6-9-12-15-18-20-22-24-26-32-36-39-43-48-53-58-63-77(82)90-69-75(96-79(84)65-60-55-50-45-41-37-33-30-28-27-29-31-34-38-42-47-51-56-61-72(4)5)71-94-98(87,88)92-67-73(80)66-91-97(85,86)93-70-74(68-89-76(81)62-57-52-46-17-14-11-8-3)95-78(83)64-59-54-49-44-40-35-25-23-21-19-16-13-10-7-2/h72-75,80H,6-71H2,1-5H3,(H,85,86)(H,87,88)/t73-,74+,75+/m0/s1. The van der Waals surface area contributed by atoms with E-state index < -0.39 is 97.5 Å². The second-order valence-electron chi connectivity index (χ2n) is 28.9. The summed E-state index contributed by atoms with van der Waals surface area (Å²) < 4.78 is 68.5. The van der Waals surface area contributed by atoms with E-state index in [2.05, 4.69) is 34.6 Å². The zero-order valence-corrected chi connectivity index (χ0v) is 65.7. The van der Waals surface area contributed by atoms with Crippen molar-refractivity contribution in [2.24, 2.45) is 5.92 Å². The Morgan fingerprint density at radius 1 is 0.276 bits per heavy atom. The van der Waals surface area contributed by atoms with Crippen molar-refractivity contribution in [1.82, 2.24) is 0 Å².